The van der Waals surface area contributed by atoms with E-state index in [0.717, 1.165) is 12.8 Å². The molecule has 7 aliphatic rings. The lowest BCUT2D eigenvalue weighted by molar-refractivity contribution is 0.563. The molecule has 3 aliphatic carbocycles. The van der Waals surface area contributed by atoms with Gasteiger partial charge < -0.3 is 9.80 Å². The highest BCUT2D eigenvalue weighted by Crippen LogP contribution is 2.74. The Morgan fingerprint density at radius 2 is 0.762 bits per heavy atom. The Morgan fingerprint density at radius 1 is 0.357 bits per heavy atom. The minimum absolute atomic E-state index is 0.176. The Labute approximate surface area is 496 Å². The molecule has 4 heterocycles. The van der Waals surface area contributed by atoms with Gasteiger partial charge in [-0.2, -0.15) is 10.0 Å². The first-order valence-electron chi connectivity index (χ1n) is 30.8. The number of benzene rings is 11. The summed E-state index contributed by atoms with van der Waals surface area (Å²) in [5.41, 5.74) is 26.1. The van der Waals surface area contributed by atoms with E-state index in [4.69, 9.17) is 0 Å². The third-order valence-corrected chi connectivity index (χ3v) is 30.7. The first kappa shape index (κ1) is 48.8. The van der Waals surface area contributed by atoms with Crippen LogP contribution in [0.4, 0.5) is 34.1 Å². The fourth-order valence-electron chi connectivity index (χ4n) is 17.6. The highest BCUT2D eigenvalue weighted by Gasteiger charge is 2.51. The number of rotatable bonds is 6. The molecule has 0 unspecified atom stereocenters. The molecule has 0 aromatic heterocycles. The maximum Gasteiger partial charge on any atom is 0.123 e. The Morgan fingerprint density at radius 3 is 1.31 bits per heavy atom. The molecule has 84 heavy (non-hydrogen) atoms. The van der Waals surface area contributed by atoms with Crippen molar-refractivity contribution in [2.24, 2.45) is 0 Å². The monoisotopic (exact) mass is 1110 g/mol. The molecule has 2 fully saturated rings. The Kier molecular flexibility index (Phi) is 10.7. The van der Waals surface area contributed by atoms with Crippen LogP contribution in [0.5, 0.6) is 0 Å². The fraction of sp³-hybridized carbons (Fsp3) is 0.150. The van der Waals surface area contributed by atoms with Gasteiger partial charge in [0.15, 0.2) is 0 Å². The van der Waals surface area contributed by atoms with Crippen molar-refractivity contribution in [1.29, 1.82) is 0 Å². The predicted molar refractivity (Wildman–Crippen MR) is 356 cm³/mol. The number of nitrogens with zero attached hydrogens (tertiary/aromatic N) is 2. The average molecular weight is 1110 g/mol. The van der Waals surface area contributed by atoms with Crippen LogP contribution in [0.25, 0.3) is 34.4 Å². The third-order valence-electron chi connectivity index (χ3n) is 21.1. The van der Waals surface area contributed by atoms with Gasteiger partial charge in [0, 0.05) is 38.0 Å². The van der Waals surface area contributed by atoms with E-state index >= 15 is 0 Å². The van der Waals surface area contributed by atoms with Gasteiger partial charge in [0.25, 0.3) is 0 Å². The zero-order chi connectivity index (χ0) is 55.2. The van der Waals surface area contributed by atoms with Gasteiger partial charge in [-0.3, -0.25) is 0 Å². The van der Waals surface area contributed by atoms with Crippen LogP contribution in [0.15, 0.2) is 265 Å². The minimum atomic E-state index is -1.86. The minimum Gasteiger partial charge on any atom is -0.311 e. The maximum absolute atomic E-state index is 2.63. The number of fused-ring (bicyclic) bond motifs is 17. The molecule has 0 radical (unpaired) electrons. The van der Waals surface area contributed by atoms with Gasteiger partial charge in [0.05, 0.1) is 16.8 Å². The second kappa shape index (κ2) is 18.4. The standard InChI is InChI=1S/C80H64N2SSi/c1-3-23-59(24-4-1)80(60-25-5-2-6-26-60)69-50-56(38-42-65(69)66-44-40-62(52-70(66)80)81-71-27-9-13-31-75(71)83(45-17-18-46-83)76-32-14-10-28-72(76)81)36-35-55-37-41-63-64-43-39-61(51-68(64)79(67(63)49-55)53-57-21-7-8-22-58(57)54-79)82-73-29-11-15-33-77(73)84(47-19-20-48-84)78-34-16-12-30-74(78)82/h1-16,21-44,49-52H,17-20,45-48,53-54H2. The largest absolute Gasteiger partial charge is 0.311 e. The second-order valence-corrected chi connectivity index (χ2v) is 32.7. The summed E-state index contributed by atoms with van der Waals surface area (Å²) in [5, 5.41) is 3.25. The van der Waals surface area contributed by atoms with E-state index in [9.17, 15) is 0 Å². The second-order valence-electron chi connectivity index (χ2n) is 25.0. The number of para-hydroxylation sites is 4. The van der Waals surface area contributed by atoms with E-state index in [1.807, 2.05) is 0 Å². The topological polar surface area (TPSA) is 6.48 Å². The molecule has 404 valence electrons. The number of hydrogen-bond donors (Lipinski definition) is 0. The Balaban J connectivity index is 0.754. The SMILES string of the molecule is C(=Cc1ccc2c(c1)C(c1ccccc1)(c1ccccc1)c1cc(N3c4ccccc4S4(CCCC4)c4ccccc43)ccc1-2)c1ccc2c(c1)C1(Cc3ccccc3C1)c1cc(N3c4ccccc4[Si]4(CCCC4)c4ccccc43)ccc1-2. The molecule has 18 rings (SSSR count). The van der Waals surface area contributed by atoms with Crippen LogP contribution in [0, 0.1) is 0 Å². The first-order valence-corrected chi connectivity index (χ1v) is 35.2. The quantitative estimate of drug-likeness (QED) is 0.121. The van der Waals surface area contributed by atoms with Crippen molar-refractivity contribution in [3.8, 4) is 22.3 Å². The molecule has 3 spiro atoms. The smallest absolute Gasteiger partial charge is 0.123 e. The van der Waals surface area contributed by atoms with Gasteiger partial charge in [-0.1, -0.05) is 213 Å². The van der Waals surface area contributed by atoms with E-state index in [1.165, 1.54) is 161 Å². The summed E-state index contributed by atoms with van der Waals surface area (Å²) >= 11 is 0. The summed E-state index contributed by atoms with van der Waals surface area (Å²) in [4.78, 5) is 8.33. The van der Waals surface area contributed by atoms with Crippen molar-refractivity contribution in [3.05, 3.63) is 310 Å². The van der Waals surface area contributed by atoms with Crippen molar-refractivity contribution in [3.63, 3.8) is 0 Å². The van der Waals surface area contributed by atoms with Crippen LogP contribution < -0.4 is 20.2 Å². The van der Waals surface area contributed by atoms with Crippen LogP contribution in [0.1, 0.15) is 81.3 Å². The van der Waals surface area contributed by atoms with Crippen LogP contribution in [-0.4, -0.2) is 19.6 Å². The van der Waals surface area contributed by atoms with Gasteiger partial charge in [-0.05, 0) is 204 Å². The summed E-state index contributed by atoms with van der Waals surface area (Å²) in [6.07, 6.45) is 12.0. The van der Waals surface area contributed by atoms with E-state index < -0.39 is 23.5 Å². The fourth-order valence-corrected chi connectivity index (χ4v) is 27.6. The lowest BCUT2D eigenvalue weighted by Crippen LogP contribution is -2.60. The summed E-state index contributed by atoms with van der Waals surface area (Å²) in [5.74, 6) is 2.56. The molecule has 11 aromatic carbocycles. The van der Waals surface area contributed by atoms with Gasteiger partial charge in [-0.25, -0.2) is 0 Å². The molecule has 2 nitrogen and oxygen atoms in total. The van der Waals surface area contributed by atoms with Gasteiger partial charge in [0.2, 0.25) is 0 Å². The van der Waals surface area contributed by atoms with Crippen molar-refractivity contribution >= 4 is 74.8 Å². The lowest BCUT2D eigenvalue weighted by atomic mass is 9.67. The number of anilines is 6. The summed E-state index contributed by atoms with van der Waals surface area (Å²) in [6, 6.07) is 102. The molecule has 4 heteroatoms. The Hall–Kier alpha value is -8.67. The normalized spacial score (nSPS) is 18.2. The first-order chi connectivity index (χ1) is 41.6. The van der Waals surface area contributed by atoms with Gasteiger partial charge in [-0.15, -0.1) is 0 Å². The van der Waals surface area contributed by atoms with Crippen LogP contribution in [0.2, 0.25) is 12.1 Å². The molecule has 2 saturated heterocycles. The molecule has 0 amide bonds. The van der Waals surface area contributed by atoms with Crippen molar-refractivity contribution in [2.75, 3.05) is 21.3 Å². The predicted octanol–water partition coefficient (Wildman–Crippen LogP) is 19.2. The average Bonchev–Trinajstić information content (AvgIpc) is 1.96. The van der Waals surface area contributed by atoms with Crippen molar-refractivity contribution in [1.82, 2.24) is 0 Å². The summed E-state index contributed by atoms with van der Waals surface area (Å²) < 4.78 is 0. The summed E-state index contributed by atoms with van der Waals surface area (Å²) in [7, 11) is -2.99. The third kappa shape index (κ3) is 6.70. The van der Waals surface area contributed by atoms with E-state index in [-0.39, 0.29) is 5.41 Å². The van der Waals surface area contributed by atoms with Crippen molar-refractivity contribution < 1.29 is 0 Å². The number of hydrogen-bond acceptors (Lipinski definition) is 2. The highest BCUT2D eigenvalue weighted by atomic mass is 32.3. The molecule has 0 N–H and O–H groups in total. The molecule has 11 aromatic rings. The van der Waals surface area contributed by atoms with Crippen molar-refractivity contribution in [2.45, 2.75) is 71.2 Å². The van der Waals surface area contributed by atoms with Crippen LogP contribution in [0.3, 0.4) is 0 Å². The molecule has 0 atom stereocenters. The van der Waals surface area contributed by atoms with Gasteiger partial charge in [0.1, 0.15) is 8.07 Å². The lowest BCUT2D eigenvalue weighted by Gasteiger charge is -2.47. The van der Waals surface area contributed by atoms with E-state index in [0.29, 0.717) is 0 Å². The molecular formula is C80H64N2SSi. The molecule has 4 aliphatic heterocycles. The molecular weight excluding hydrogens is 1050 g/mol. The molecule has 0 saturated carbocycles. The zero-order valence-corrected chi connectivity index (χ0v) is 49.1. The van der Waals surface area contributed by atoms with Crippen LogP contribution in [-0.2, 0) is 23.7 Å². The molecule has 0 bridgehead atoms. The summed E-state index contributed by atoms with van der Waals surface area (Å²) in [6.45, 7) is 0. The van der Waals surface area contributed by atoms with Gasteiger partial charge >= 0.3 is 0 Å². The van der Waals surface area contributed by atoms with E-state index in [2.05, 4.69) is 277 Å². The zero-order valence-electron chi connectivity index (χ0n) is 47.3. The highest BCUT2D eigenvalue weighted by molar-refractivity contribution is 8.34. The van der Waals surface area contributed by atoms with Crippen LogP contribution >= 0.6 is 10.0 Å². The Bertz CT molecular complexity index is 4380. The maximum atomic E-state index is 2.63. The van der Waals surface area contributed by atoms with E-state index in [1.54, 1.807) is 20.2 Å².